The predicted molar refractivity (Wildman–Crippen MR) is 53.4 cm³/mol. The fraction of sp³-hybridized carbons (Fsp3) is 0.455. The molecule has 1 N–H and O–H groups in total. The van der Waals surface area contributed by atoms with Gasteiger partial charge in [0.25, 0.3) is 0 Å². The molecule has 0 atom stereocenters. The first kappa shape index (κ1) is 9.46. The van der Waals surface area contributed by atoms with Crippen molar-refractivity contribution in [1.29, 1.82) is 0 Å². The first-order valence-electron chi connectivity index (χ1n) is 5.12. The monoisotopic (exact) mass is 192 g/mol. The number of hydrogen-bond acceptors (Lipinski definition) is 1. The van der Waals surface area contributed by atoms with Crippen molar-refractivity contribution < 1.29 is 9.63 Å². The summed E-state index contributed by atoms with van der Waals surface area (Å²) in [6, 6.07) is 5.65. The summed E-state index contributed by atoms with van der Waals surface area (Å²) in [5, 5.41) is 11.5. The van der Waals surface area contributed by atoms with Crippen LogP contribution in [0, 0.1) is 12.3 Å². The van der Waals surface area contributed by atoms with E-state index in [1.807, 2.05) is 12.1 Å². The molecule has 14 heavy (non-hydrogen) atoms. The SMILES string of the molecule is [CH2-][NH+]1CCC(c2cccc[n+]2[O-])CC1. The Hall–Kier alpha value is -1.09. The molecule has 1 fully saturated rings. The second kappa shape index (κ2) is 3.96. The molecule has 76 valence electrons. The van der Waals surface area contributed by atoms with Crippen LogP contribution in [0.25, 0.3) is 0 Å². The largest absolute Gasteiger partial charge is 0.618 e. The first-order valence-corrected chi connectivity index (χ1v) is 5.12. The lowest BCUT2D eigenvalue weighted by Crippen LogP contribution is -3.07. The van der Waals surface area contributed by atoms with Crippen LogP contribution in [0.4, 0.5) is 0 Å². The smallest absolute Gasteiger partial charge is 0.196 e. The molecule has 2 heterocycles. The van der Waals surface area contributed by atoms with Crippen LogP contribution in [0.3, 0.4) is 0 Å². The van der Waals surface area contributed by atoms with Gasteiger partial charge in [0.1, 0.15) is 0 Å². The average molecular weight is 192 g/mol. The van der Waals surface area contributed by atoms with Crippen molar-refractivity contribution in [2.75, 3.05) is 13.1 Å². The lowest BCUT2D eigenvalue weighted by Gasteiger charge is -2.29. The molecule has 2 rings (SSSR count). The Morgan fingerprint density at radius 1 is 1.36 bits per heavy atom. The Labute approximate surface area is 84.6 Å². The average Bonchev–Trinajstić information content (AvgIpc) is 2.20. The Balaban J connectivity index is 2.12. The lowest BCUT2D eigenvalue weighted by atomic mass is 9.93. The van der Waals surface area contributed by atoms with E-state index < -0.39 is 0 Å². The van der Waals surface area contributed by atoms with Gasteiger partial charge < -0.3 is 10.1 Å². The van der Waals surface area contributed by atoms with Gasteiger partial charge in [0.2, 0.25) is 0 Å². The van der Waals surface area contributed by atoms with Crippen molar-refractivity contribution >= 4 is 0 Å². The van der Waals surface area contributed by atoms with Gasteiger partial charge in [0.05, 0.1) is 19.0 Å². The number of nitrogens with zero attached hydrogens (tertiary/aromatic N) is 1. The second-order valence-corrected chi connectivity index (χ2v) is 3.98. The number of rotatable bonds is 1. The molecule has 0 radical (unpaired) electrons. The fourth-order valence-corrected chi connectivity index (χ4v) is 2.08. The highest BCUT2D eigenvalue weighted by atomic mass is 16.5. The number of nitrogens with one attached hydrogen (secondary N) is 1. The highest BCUT2D eigenvalue weighted by Crippen LogP contribution is 2.20. The molecule has 1 saturated heterocycles. The highest BCUT2D eigenvalue weighted by Gasteiger charge is 2.24. The number of quaternary nitrogens is 1. The third-order valence-electron chi connectivity index (χ3n) is 2.97. The van der Waals surface area contributed by atoms with Crippen molar-refractivity contribution in [2.24, 2.45) is 0 Å². The van der Waals surface area contributed by atoms with Gasteiger partial charge in [-0.2, -0.15) is 11.8 Å². The molecule has 0 unspecified atom stereocenters. The van der Waals surface area contributed by atoms with E-state index in [1.54, 1.807) is 12.3 Å². The Kier molecular flexibility index (Phi) is 2.68. The molecular weight excluding hydrogens is 176 g/mol. The van der Waals surface area contributed by atoms with Gasteiger partial charge in [-0.05, 0) is 0 Å². The van der Waals surface area contributed by atoms with E-state index in [1.165, 1.54) is 4.90 Å². The maximum absolute atomic E-state index is 11.5. The summed E-state index contributed by atoms with van der Waals surface area (Å²) in [5.41, 5.74) is 0.917. The fourth-order valence-electron chi connectivity index (χ4n) is 2.08. The number of hydrogen-bond donors (Lipinski definition) is 1. The van der Waals surface area contributed by atoms with Crippen LogP contribution in [0.2, 0.25) is 0 Å². The minimum atomic E-state index is 0.430. The van der Waals surface area contributed by atoms with E-state index in [4.69, 9.17) is 0 Å². The Morgan fingerprint density at radius 2 is 2.07 bits per heavy atom. The standard InChI is InChI=1S/C11H16N2O/c1-12-8-5-10(6-9-12)11-4-2-3-7-13(11)14/h2-4,7,10,12H,1,5-6,8-9H2. The molecule has 0 aliphatic carbocycles. The van der Waals surface area contributed by atoms with Crippen molar-refractivity contribution in [2.45, 2.75) is 18.8 Å². The predicted octanol–water partition coefficient (Wildman–Crippen LogP) is -0.126. The quantitative estimate of drug-likeness (QED) is 0.375. The molecule has 0 saturated carbocycles. The number of piperidine rings is 1. The second-order valence-electron chi connectivity index (χ2n) is 3.98. The zero-order valence-electron chi connectivity index (χ0n) is 8.28. The van der Waals surface area contributed by atoms with Crippen LogP contribution in [-0.4, -0.2) is 13.1 Å². The lowest BCUT2D eigenvalue weighted by molar-refractivity contribution is -0.860. The molecular formula is C11H16N2O. The molecule has 1 aliphatic rings. The first-order chi connectivity index (χ1) is 6.77. The van der Waals surface area contributed by atoms with Crippen LogP contribution in [0.1, 0.15) is 24.5 Å². The van der Waals surface area contributed by atoms with Crippen LogP contribution in [0.15, 0.2) is 24.4 Å². The minimum Gasteiger partial charge on any atom is -0.618 e. The molecule has 3 heteroatoms. The molecule has 0 spiro atoms. The highest BCUT2D eigenvalue weighted by molar-refractivity contribution is 5.04. The zero-order chi connectivity index (χ0) is 9.97. The minimum absolute atomic E-state index is 0.430. The molecule has 1 aliphatic heterocycles. The van der Waals surface area contributed by atoms with Crippen molar-refractivity contribution in [3.05, 3.63) is 42.3 Å². The van der Waals surface area contributed by atoms with Gasteiger partial charge in [-0.3, -0.25) is 0 Å². The number of aromatic nitrogens is 1. The molecule has 0 bridgehead atoms. The third kappa shape index (κ3) is 1.87. The molecule has 1 aromatic heterocycles. The van der Waals surface area contributed by atoms with Gasteiger partial charge in [-0.15, -0.1) is 0 Å². The van der Waals surface area contributed by atoms with E-state index in [0.717, 1.165) is 36.4 Å². The van der Waals surface area contributed by atoms with Crippen molar-refractivity contribution in [1.82, 2.24) is 0 Å². The van der Waals surface area contributed by atoms with Gasteiger partial charge in [0, 0.05) is 25.0 Å². The van der Waals surface area contributed by atoms with E-state index in [-0.39, 0.29) is 0 Å². The van der Waals surface area contributed by atoms with E-state index in [0.29, 0.717) is 5.92 Å². The summed E-state index contributed by atoms with van der Waals surface area (Å²) in [5.74, 6) is 0.430. The van der Waals surface area contributed by atoms with E-state index >= 15 is 0 Å². The maximum Gasteiger partial charge on any atom is 0.196 e. The normalized spacial score (nSPS) is 27.5. The van der Waals surface area contributed by atoms with Gasteiger partial charge >= 0.3 is 0 Å². The zero-order valence-corrected chi connectivity index (χ0v) is 8.28. The van der Waals surface area contributed by atoms with E-state index in [2.05, 4.69) is 7.05 Å². The number of pyridine rings is 1. The van der Waals surface area contributed by atoms with Crippen LogP contribution >= 0.6 is 0 Å². The van der Waals surface area contributed by atoms with Crippen LogP contribution in [0.5, 0.6) is 0 Å². The summed E-state index contributed by atoms with van der Waals surface area (Å²) < 4.78 is 0.999. The molecule has 3 nitrogen and oxygen atoms in total. The molecule has 0 aromatic carbocycles. The Morgan fingerprint density at radius 3 is 2.71 bits per heavy atom. The summed E-state index contributed by atoms with van der Waals surface area (Å²) in [4.78, 5) is 1.33. The van der Waals surface area contributed by atoms with Crippen LogP contribution in [-0.2, 0) is 0 Å². The van der Waals surface area contributed by atoms with Gasteiger partial charge in [-0.1, -0.05) is 6.07 Å². The topological polar surface area (TPSA) is 31.4 Å². The third-order valence-corrected chi connectivity index (χ3v) is 2.97. The summed E-state index contributed by atoms with van der Waals surface area (Å²) >= 11 is 0. The van der Waals surface area contributed by atoms with Crippen molar-refractivity contribution in [3.63, 3.8) is 0 Å². The van der Waals surface area contributed by atoms with Gasteiger partial charge in [0.15, 0.2) is 11.9 Å². The number of likely N-dealkylation sites (tertiary alicyclic amines) is 1. The summed E-state index contributed by atoms with van der Waals surface area (Å²) in [6.07, 6.45) is 3.73. The molecule has 0 amide bonds. The maximum atomic E-state index is 11.5. The van der Waals surface area contributed by atoms with Gasteiger partial charge in [-0.25, -0.2) is 0 Å². The Bertz CT molecular complexity index is 306. The summed E-state index contributed by atoms with van der Waals surface area (Å²) in [7, 11) is 3.98. The van der Waals surface area contributed by atoms with Crippen LogP contribution < -0.4 is 9.63 Å². The summed E-state index contributed by atoms with van der Waals surface area (Å²) in [6.45, 7) is 2.14. The molecule has 1 aromatic rings. The van der Waals surface area contributed by atoms with E-state index in [9.17, 15) is 5.21 Å². The van der Waals surface area contributed by atoms with Crippen molar-refractivity contribution in [3.8, 4) is 0 Å².